The molecule has 1 aromatic heterocycles. The maximum Gasteiger partial charge on any atom is 0.230 e. The molecule has 0 spiro atoms. The third-order valence-electron chi connectivity index (χ3n) is 2.90. The predicted molar refractivity (Wildman–Crippen MR) is 102 cm³/mol. The minimum atomic E-state index is -0.0546. The maximum atomic E-state index is 11.8. The first-order valence-corrected chi connectivity index (χ1v) is 8.88. The van der Waals surface area contributed by atoms with Crippen molar-refractivity contribution >= 4 is 35.1 Å². The second kappa shape index (κ2) is 11.1. The number of anilines is 1. The molecule has 0 atom stereocenters. The van der Waals surface area contributed by atoms with Crippen molar-refractivity contribution in [2.24, 2.45) is 0 Å². The van der Waals surface area contributed by atoms with Gasteiger partial charge in [-0.1, -0.05) is 35.5 Å². The Bertz CT molecular complexity index is 557. The summed E-state index contributed by atoms with van der Waals surface area (Å²) in [7, 11) is 3.92. The van der Waals surface area contributed by atoms with Crippen LogP contribution >= 0.6 is 23.4 Å². The Labute approximate surface area is 153 Å². The van der Waals surface area contributed by atoms with E-state index < -0.39 is 0 Å². The van der Waals surface area contributed by atoms with E-state index >= 15 is 0 Å². The lowest BCUT2D eigenvalue weighted by Gasteiger charge is -2.20. The largest absolute Gasteiger partial charge is 0.354 e. The Balaban J connectivity index is 2.66. The van der Waals surface area contributed by atoms with E-state index in [4.69, 9.17) is 11.6 Å². The summed E-state index contributed by atoms with van der Waals surface area (Å²) in [5, 5.41) is 3.66. The van der Waals surface area contributed by atoms with Gasteiger partial charge in [0.25, 0.3) is 0 Å². The number of nitrogens with zero attached hydrogens (tertiary/aromatic N) is 4. The Morgan fingerprint density at radius 1 is 1.33 bits per heavy atom. The number of likely N-dealkylation sites (N-methyl/N-ethyl adjacent to an activating group) is 1. The molecule has 1 rings (SSSR count). The third-order valence-corrected chi connectivity index (χ3v) is 3.94. The van der Waals surface area contributed by atoms with Crippen LogP contribution in [0.4, 0.5) is 5.82 Å². The Hall–Kier alpha value is -1.57. The van der Waals surface area contributed by atoms with E-state index in [1.807, 2.05) is 23.9 Å². The van der Waals surface area contributed by atoms with Crippen LogP contribution < -0.4 is 10.2 Å². The Kier molecular flexibility index (Phi) is 9.44. The Morgan fingerprint density at radius 3 is 2.58 bits per heavy atom. The van der Waals surface area contributed by atoms with Gasteiger partial charge >= 0.3 is 0 Å². The van der Waals surface area contributed by atoms with Crippen molar-refractivity contribution in [1.29, 1.82) is 0 Å². The summed E-state index contributed by atoms with van der Waals surface area (Å²) in [6, 6.07) is 1.69. The van der Waals surface area contributed by atoms with Crippen LogP contribution in [0, 0.1) is 0 Å². The van der Waals surface area contributed by atoms with E-state index in [1.54, 1.807) is 18.2 Å². The molecule has 1 aromatic rings. The number of aromatic nitrogens is 2. The minimum absolute atomic E-state index is 0.0546. The molecule has 0 aliphatic rings. The first-order chi connectivity index (χ1) is 11.5. The number of amides is 1. The highest BCUT2D eigenvalue weighted by Crippen LogP contribution is 2.21. The topological polar surface area (TPSA) is 61.4 Å². The number of halogens is 1. The van der Waals surface area contributed by atoms with E-state index in [0.29, 0.717) is 35.8 Å². The fourth-order valence-electron chi connectivity index (χ4n) is 1.79. The van der Waals surface area contributed by atoms with Crippen LogP contribution in [0.25, 0.3) is 0 Å². The van der Waals surface area contributed by atoms with E-state index in [9.17, 15) is 4.79 Å². The van der Waals surface area contributed by atoms with Crippen molar-refractivity contribution in [1.82, 2.24) is 20.2 Å². The zero-order chi connectivity index (χ0) is 17.9. The van der Waals surface area contributed by atoms with E-state index in [-0.39, 0.29) is 11.7 Å². The molecule has 0 saturated carbocycles. The van der Waals surface area contributed by atoms with Gasteiger partial charge in [-0.25, -0.2) is 9.97 Å². The van der Waals surface area contributed by atoms with E-state index in [1.165, 1.54) is 11.8 Å². The highest BCUT2D eigenvalue weighted by Gasteiger charge is 2.11. The summed E-state index contributed by atoms with van der Waals surface area (Å²) < 4.78 is 0. The van der Waals surface area contributed by atoms with E-state index in [2.05, 4.69) is 28.4 Å². The van der Waals surface area contributed by atoms with Gasteiger partial charge in [0.15, 0.2) is 5.16 Å². The van der Waals surface area contributed by atoms with Crippen LogP contribution in [0.3, 0.4) is 0 Å². The zero-order valence-corrected chi connectivity index (χ0v) is 15.7. The lowest BCUT2D eigenvalue weighted by molar-refractivity contribution is -0.118. The van der Waals surface area contributed by atoms with Gasteiger partial charge in [-0.2, -0.15) is 0 Å². The zero-order valence-electron chi connectivity index (χ0n) is 14.2. The molecule has 0 aliphatic heterocycles. The normalized spacial score (nSPS) is 10.5. The summed E-state index contributed by atoms with van der Waals surface area (Å²) >= 11 is 7.34. The molecule has 1 N–H and O–H groups in total. The molecular weight excluding hydrogens is 346 g/mol. The summed E-state index contributed by atoms with van der Waals surface area (Å²) in [5.41, 5.74) is 0. The van der Waals surface area contributed by atoms with Gasteiger partial charge < -0.3 is 15.1 Å². The average Bonchev–Trinajstić information content (AvgIpc) is 2.52. The predicted octanol–water partition coefficient (Wildman–Crippen LogP) is 2.08. The standard InChI is InChI=1S/C16H24ClN5OS/c1-5-8-22(9-6-2)14-11-13(17)19-16(20-14)24-12-15(23)18-7-10-21(3)4/h5-6,11H,1-2,7-10,12H2,3-4H3,(H,18,23). The third kappa shape index (κ3) is 7.81. The molecule has 1 heterocycles. The van der Waals surface area contributed by atoms with Gasteiger partial charge in [0.1, 0.15) is 11.0 Å². The first-order valence-electron chi connectivity index (χ1n) is 7.51. The fourth-order valence-corrected chi connectivity index (χ4v) is 2.70. The number of thioether (sulfide) groups is 1. The van der Waals surface area contributed by atoms with Crippen LogP contribution in [0.5, 0.6) is 0 Å². The second-order valence-corrected chi connectivity index (χ2v) is 6.59. The highest BCUT2D eigenvalue weighted by atomic mass is 35.5. The highest BCUT2D eigenvalue weighted by molar-refractivity contribution is 7.99. The van der Waals surface area contributed by atoms with Gasteiger partial charge in [0.05, 0.1) is 5.75 Å². The van der Waals surface area contributed by atoms with Crippen LogP contribution in [0.15, 0.2) is 36.5 Å². The molecule has 0 fully saturated rings. The number of hydrogen-bond acceptors (Lipinski definition) is 6. The summed E-state index contributed by atoms with van der Waals surface area (Å²) in [4.78, 5) is 24.4. The lowest BCUT2D eigenvalue weighted by Crippen LogP contribution is -2.32. The molecule has 0 bridgehead atoms. The lowest BCUT2D eigenvalue weighted by atomic mass is 10.4. The van der Waals surface area contributed by atoms with Crippen molar-refractivity contribution in [3.63, 3.8) is 0 Å². The van der Waals surface area contributed by atoms with Gasteiger partial charge in [-0.05, 0) is 14.1 Å². The van der Waals surface area contributed by atoms with Crippen molar-refractivity contribution in [3.05, 3.63) is 36.5 Å². The van der Waals surface area contributed by atoms with Crippen molar-refractivity contribution in [3.8, 4) is 0 Å². The summed E-state index contributed by atoms with van der Waals surface area (Å²) in [5.74, 6) is 0.877. The first kappa shape index (κ1) is 20.5. The number of nitrogens with one attached hydrogen (secondary N) is 1. The Morgan fingerprint density at radius 2 is 2.00 bits per heavy atom. The van der Waals surface area contributed by atoms with Crippen molar-refractivity contribution in [2.75, 3.05) is 50.9 Å². The van der Waals surface area contributed by atoms with Crippen LogP contribution in [-0.2, 0) is 4.79 Å². The summed E-state index contributed by atoms with van der Waals surface area (Å²) in [6.07, 6.45) is 3.56. The molecular formula is C16H24ClN5OS. The van der Waals surface area contributed by atoms with E-state index in [0.717, 1.165) is 6.54 Å². The molecule has 8 heteroatoms. The maximum absolute atomic E-state index is 11.8. The number of carbonyl (C=O) groups excluding carboxylic acids is 1. The molecule has 0 radical (unpaired) electrons. The van der Waals surface area contributed by atoms with Crippen molar-refractivity contribution < 1.29 is 4.79 Å². The molecule has 24 heavy (non-hydrogen) atoms. The fraction of sp³-hybridized carbons (Fsp3) is 0.438. The molecule has 0 aliphatic carbocycles. The molecule has 0 aromatic carbocycles. The molecule has 1 amide bonds. The average molecular weight is 370 g/mol. The monoisotopic (exact) mass is 369 g/mol. The molecule has 6 nitrogen and oxygen atoms in total. The van der Waals surface area contributed by atoms with Gasteiger partial charge in [-0.15, -0.1) is 13.2 Å². The number of rotatable bonds is 11. The smallest absolute Gasteiger partial charge is 0.230 e. The molecule has 0 unspecified atom stereocenters. The molecule has 0 saturated heterocycles. The van der Waals surface area contributed by atoms with Gasteiger partial charge in [-0.3, -0.25) is 4.79 Å². The number of carbonyl (C=O) groups is 1. The van der Waals surface area contributed by atoms with Crippen LogP contribution in [0.2, 0.25) is 5.15 Å². The summed E-state index contributed by atoms with van der Waals surface area (Å²) in [6.45, 7) is 10.1. The van der Waals surface area contributed by atoms with Gasteiger partial charge in [0, 0.05) is 32.2 Å². The quantitative estimate of drug-likeness (QED) is 0.279. The van der Waals surface area contributed by atoms with Crippen molar-refractivity contribution in [2.45, 2.75) is 5.16 Å². The minimum Gasteiger partial charge on any atom is -0.354 e. The SMILES string of the molecule is C=CCN(CC=C)c1cc(Cl)nc(SCC(=O)NCCN(C)C)n1. The van der Waals surface area contributed by atoms with Crippen LogP contribution in [-0.4, -0.2) is 66.8 Å². The van der Waals surface area contributed by atoms with Crippen LogP contribution in [0.1, 0.15) is 0 Å². The molecule has 132 valence electrons. The number of hydrogen-bond donors (Lipinski definition) is 1. The van der Waals surface area contributed by atoms with Gasteiger partial charge in [0.2, 0.25) is 5.91 Å². The second-order valence-electron chi connectivity index (χ2n) is 5.26.